The monoisotopic (exact) mass is 151 g/mol. The molecule has 0 aromatic rings. The predicted molar refractivity (Wildman–Crippen MR) is 48.3 cm³/mol. The second-order valence-corrected chi connectivity index (χ2v) is 3.86. The molecule has 1 saturated carbocycles. The van der Waals surface area contributed by atoms with Gasteiger partial charge in [0.2, 0.25) is 0 Å². The van der Waals surface area contributed by atoms with E-state index in [9.17, 15) is 0 Å². The maximum Gasteiger partial charge on any atom is 0.0296 e. The van der Waals surface area contributed by atoms with Gasteiger partial charge >= 0.3 is 0 Å². The largest absolute Gasteiger partial charge is 0.310 e. The van der Waals surface area contributed by atoms with Crippen molar-refractivity contribution in [2.45, 2.75) is 38.6 Å². The molecule has 1 rings (SSSR count). The van der Waals surface area contributed by atoms with Crippen LogP contribution in [0.4, 0.5) is 0 Å². The summed E-state index contributed by atoms with van der Waals surface area (Å²) in [5.74, 6) is 3.09. The molecule has 1 atom stereocenters. The van der Waals surface area contributed by atoms with E-state index >= 15 is 0 Å². The molecule has 0 aromatic carbocycles. The van der Waals surface area contributed by atoms with Crippen LogP contribution in [-0.4, -0.2) is 12.1 Å². The molecule has 0 bridgehead atoms. The summed E-state index contributed by atoms with van der Waals surface area (Å²) in [6, 6.07) is 0. The van der Waals surface area contributed by atoms with Gasteiger partial charge in [-0.3, -0.25) is 0 Å². The Bertz CT molecular complexity index is 162. The highest BCUT2D eigenvalue weighted by Crippen LogP contribution is 2.30. The zero-order valence-corrected chi connectivity index (χ0v) is 7.48. The molecule has 11 heavy (non-hydrogen) atoms. The fourth-order valence-corrected chi connectivity index (χ4v) is 1.34. The SMILES string of the molecule is C#CC(C)CNC1(C)CCC1. The molecule has 1 aliphatic rings. The van der Waals surface area contributed by atoms with Crippen LogP contribution in [0.1, 0.15) is 33.1 Å². The molecule has 0 amide bonds. The Balaban J connectivity index is 2.17. The van der Waals surface area contributed by atoms with Crippen LogP contribution in [0.3, 0.4) is 0 Å². The van der Waals surface area contributed by atoms with E-state index in [1.54, 1.807) is 0 Å². The van der Waals surface area contributed by atoms with Crippen LogP contribution in [0.5, 0.6) is 0 Å². The van der Waals surface area contributed by atoms with Crippen LogP contribution in [0.2, 0.25) is 0 Å². The first kappa shape index (κ1) is 8.62. The normalized spacial score (nSPS) is 23.4. The first-order valence-corrected chi connectivity index (χ1v) is 4.37. The van der Waals surface area contributed by atoms with Gasteiger partial charge in [-0.15, -0.1) is 12.3 Å². The Morgan fingerprint density at radius 3 is 2.64 bits per heavy atom. The van der Waals surface area contributed by atoms with Crippen molar-refractivity contribution >= 4 is 0 Å². The molecule has 0 aliphatic heterocycles. The fourth-order valence-electron chi connectivity index (χ4n) is 1.34. The Morgan fingerprint density at radius 2 is 2.27 bits per heavy atom. The van der Waals surface area contributed by atoms with E-state index < -0.39 is 0 Å². The number of hydrogen-bond donors (Lipinski definition) is 1. The maximum atomic E-state index is 5.27. The molecule has 1 nitrogen and oxygen atoms in total. The lowest BCUT2D eigenvalue weighted by Gasteiger charge is -2.39. The summed E-state index contributed by atoms with van der Waals surface area (Å²) >= 11 is 0. The van der Waals surface area contributed by atoms with E-state index in [0.717, 1.165) is 6.54 Å². The minimum absolute atomic E-state index is 0.368. The molecular weight excluding hydrogens is 134 g/mol. The van der Waals surface area contributed by atoms with Crippen LogP contribution in [-0.2, 0) is 0 Å². The van der Waals surface area contributed by atoms with Gasteiger partial charge in [0, 0.05) is 18.0 Å². The van der Waals surface area contributed by atoms with Crippen molar-refractivity contribution in [2.24, 2.45) is 5.92 Å². The summed E-state index contributed by atoms with van der Waals surface area (Å²) in [5.41, 5.74) is 0.408. The van der Waals surface area contributed by atoms with Crippen LogP contribution in [0.15, 0.2) is 0 Å². The fraction of sp³-hybridized carbons (Fsp3) is 0.800. The first-order valence-electron chi connectivity index (χ1n) is 4.37. The summed E-state index contributed by atoms with van der Waals surface area (Å²) in [5, 5.41) is 3.50. The minimum Gasteiger partial charge on any atom is -0.310 e. The van der Waals surface area contributed by atoms with Crippen molar-refractivity contribution < 1.29 is 0 Å². The molecule has 0 saturated heterocycles. The lowest BCUT2D eigenvalue weighted by atomic mass is 9.78. The predicted octanol–water partition coefficient (Wildman–Crippen LogP) is 1.79. The quantitative estimate of drug-likeness (QED) is 0.606. The zero-order chi connectivity index (χ0) is 8.32. The van der Waals surface area contributed by atoms with E-state index in [-0.39, 0.29) is 0 Å². The highest BCUT2D eigenvalue weighted by Gasteiger charge is 2.30. The Kier molecular flexibility index (Phi) is 2.57. The van der Waals surface area contributed by atoms with Crippen molar-refractivity contribution in [2.75, 3.05) is 6.54 Å². The molecule has 0 spiro atoms. The van der Waals surface area contributed by atoms with Crippen molar-refractivity contribution in [1.29, 1.82) is 0 Å². The molecule has 0 aromatic heterocycles. The summed E-state index contributed by atoms with van der Waals surface area (Å²) in [7, 11) is 0. The number of hydrogen-bond acceptors (Lipinski definition) is 1. The highest BCUT2D eigenvalue weighted by atomic mass is 15.0. The lowest BCUT2D eigenvalue weighted by Crippen LogP contribution is -2.49. The molecule has 0 heterocycles. The van der Waals surface area contributed by atoms with E-state index in [1.807, 2.05) is 0 Å². The van der Waals surface area contributed by atoms with Gasteiger partial charge in [-0.05, 0) is 26.2 Å². The maximum absolute atomic E-state index is 5.27. The Hall–Kier alpha value is -0.480. The molecule has 0 radical (unpaired) electrons. The Morgan fingerprint density at radius 1 is 1.64 bits per heavy atom. The summed E-state index contributed by atoms with van der Waals surface area (Å²) in [4.78, 5) is 0. The summed E-state index contributed by atoms with van der Waals surface area (Å²) < 4.78 is 0. The van der Waals surface area contributed by atoms with Gasteiger partial charge < -0.3 is 5.32 Å². The average Bonchev–Trinajstić information content (AvgIpc) is 1.96. The van der Waals surface area contributed by atoms with Crippen LogP contribution >= 0.6 is 0 Å². The molecule has 1 aliphatic carbocycles. The van der Waals surface area contributed by atoms with Crippen LogP contribution < -0.4 is 5.32 Å². The number of rotatable bonds is 3. The highest BCUT2D eigenvalue weighted by molar-refractivity contribution is 4.96. The van der Waals surface area contributed by atoms with E-state index in [0.29, 0.717) is 11.5 Å². The molecule has 62 valence electrons. The lowest BCUT2D eigenvalue weighted by molar-refractivity contribution is 0.205. The molecule has 1 N–H and O–H groups in total. The molecular formula is C10H17N. The van der Waals surface area contributed by atoms with E-state index in [2.05, 4.69) is 25.1 Å². The van der Waals surface area contributed by atoms with Crippen molar-refractivity contribution in [3.8, 4) is 12.3 Å². The Labute approximate surface area is 69.6 Å². The average molecular weight is 151 g/mol. The number of nitrogens with one attached hydrogen (secondary N) is 1. The smallest absolute Gasteiger partial charge is 0.0296 e. The van der Waals surface area contributed by atoms with Gasteiger partial charge in [-0.1, -0.05) is 6.92 Å². The third-order valence-electron chi connectivity index (χ3n) is 2.58. The van der Waals surface area contributed by atoms with Gasteiger partial charge in [-0.25, -0.2) is 0 Å². The summed E-state index contributed by atoms with van der Waals surface area (Å²) in [6.45, 7) is 5.32. The molecule has 1 fully saturated rings. The van der Waals surface area contributed by atoms with E-state index in [1.165, 1.54) is 19.3 Å². The van der Waals surface area contributed by atoms with Gasteiger partial charge in [0.05, 0.1) is 0 Å². The second-order valence-electron chi connectivity index (χ2n) is 3.86. The third-order valence-corrected chi connectivity index (χ3v) is 2.58. The van der Waals surface area contributed by atoms with Crippen molar-refractivity contribution in [3.63, 3.8) is 0 Å². The van der Waals surface area contributed by atoms with Gasteiger partial charge in [0.1, 0.15) is 0 Å². The zero-order valence-electron chi connectivity index (χ0n) is 7.48. The van der Waals surface area contributed by atoms with Crippen molar-refractivity contribution in [1.82, 2.24) is 5.32 Å². The van der Waals surface area contributed by atoms with Gasteiger partial charge in [0.25, 0.3) is 0 Å². The summed E-state index contributed by atoms with van der Waals surface area (Å²) in [6.07, 6.45) is 9.26. The topological polar surface area (TPSA) is 12.0 Å². The van der Waals surface area contributed by atoms with Gasteiger partial charge in [0.15, 0.2) is 0 Å². The van der Waals surface area contributed by atoms with E-state index in [4.69, 9.17) is 6.42 Å². The molecule has 1 unspecified atom stereocenters. The van der Waals surface area contributed by atoms with Crippen molar-refractivity contribution in [3.05, 3.63) is 0 Å². The standard InChI is InChI=1S/C10H17N/c1-4-9(2)8-11-10(3)6-5-7-10/h1,9,11H,5-8H2,2-3H3. The number of terminal acetylenes is 1. The second kappa shape index (κ2) is 3.28. The van der Waals surface area contributed by atoms with Crippen LogP contribution in [0, 0.1) is 18.3 Å². The minimum atomic E-state index is 0.368. The van der Waals surface area contributed by atoms with Gasteiger partial charge in [-0.2, -0.15) is 0 Å². The first-order chi connectivity index (χ1) is 5.16. The molecule has 1 heteroatoms. The van der Waals surface area contributed by atoms with Crippen LogP contribution in [0.25, 0.3) is 0 Å². The third kappa shape index (κ3) is 2.24.